The van der Waals surface area contributed by atoms with Gasteiger partial charge < -0.3 is 5.21 Å². The first-order chi connectivity index (χ1) is 9.83. The minimum Gasteiger partial charge on any atom is -0.411 e. The zero-order chi connectivity index (χ0) is 13.9. The second kappa shape index (κ2) is 5.49. The molecule has 0 heterocycles. The third-order valence-electron chi connectivity index (χ3n) is 4.20. The number of oxime groups is 1. The molecule has 3 rings (SSSR count). The Morgan fingerprint density at radius 3 is 2.65 bits per heavy atom. The van der Waals surface area contributed by atoms with Crippen LogP contribution in [0.1, 0.15) is 47.9 Å². The molecule has 0 radical (unpaired) electrons. The van der Waals surface area contributed by atoms with Gasteiger partial charge in [-0.2, -0.15) is 0 Å². The lowest BCUT2D eigenvalue weighted by atomic mass is 9.77. The first-order valence-electron chi connectivity index (χ1n) is 7.22. The SMILES string of the molecule is CCc1ccc2c(c1)/C(=N\O)CC[C@@H]2c1ccccc1. The predicted molar refractivity (Wildman–Crippen MR) is 81.7 cm³/mol. The first-order valence-corrected chi connectivity index (χ1v) is 7.22. The van der Waals surface area contributed by atoms with Crippen LogP contribution in [0.3, 0.4) is 0 Å². The van der Waals surface area contributed by atoms with E-state index in [1.165, 1.54) is 16.7 Å². The Labute approximate surface area is 119 Å². The van der Waals surface area contributed by atoms with Crippen molar-refractivity contribution in [3.8, 4) is 0 Å². The maximum atomic E-state index is 9.25. The summed E-state index contributed by atoms with van der Waals surface area (Å²) in [5.74, 6) is 0.405. The molecule has 0 amide bonds. The fourth-order valence-corrected chi connectivity index (χ4v) is 3.08. The van der Waals surface area contributed by atoms with Gasteiger partial charge in [0.2, 0.25) is 0 Å². The van der Waals surface area contributed by atoms with Gasteiger partial charge in [-0.15, -0.1) is 0 Å². The monoisotopic (exact) mass is 265 g/mol. The summed E-state index contributed by atoms with van der Waals surface area (Å²) in [6.07, 6.45) is 2.83. The molecule has 2 aromatic rings. The molecule has 0 aliphatic heterocycles. The van der Waals surface area contributed by atoms with Gasteiger partial charge in [0.15, 0.2) is 0 Å². The number of benzene rings is 2. The van der Waals surface area contributed by atoms with E-state index >= 15 is 0 Å². The van der Waals surface area contributed by atoms with E-state index in [9.17, 15) is 5.21 Å². The van der Waals surface area contributed by atoms with E-state index in [1.54, 1.807) is 0 Å². The van der Waals surface area contributed by atoms with E-state index in [-0.39, 0.29) is 0 Å². The molecule has 1 aliphatic rings. The van der Waals surface area contributed by atoms with E-state index in [0.29, 0.717) is 5.92 Å². The molecular weight excluding hydrogens is 246 g/mol. The van der Waals surface area contributed by atoms with E-state index in [2.05, 4.69) is 54.5 Å². The highest BCUT2D eigenvalue weighted by Crippen LogP contribution is 2.37. The molecule has 0 saturated carbocycles. The number of nitrogens with zero attached hydrogens (tertiary/aromatic N) is 1. The van der Waals surface area contributed by atoms with Crippen LogP contribution in [0.5, 0.6) is 0 Å². The minimum absolute atomic E-state index is 0.405. The summed E-state index contributed by atoms with van der Waals surface area (Å²) < 4.78 is 0. The van der Waals surface area contributed by atoms with Crippen molar-refractivity contribution in [1.82, 2.24) is 0 Å². The fourth-order valence-electron chi connectivity index (χ4n) is 3.08. The van der Waals surface area contributed by atoms with E-state index in [0.717, 1.165) is 30.5 Å². The minimum atomic E-state index is 0.405. The lowest BCUT2D eigenvalue weighted by Crippen LogP contribution is -2.17. The number of rotatable bonds is 2. The maximum Gasteiger partial charge on any atom is 0.0871 e. The molecule has 20 heavy (non-hydrogen) atoms. The van der Waals surface area contributed by atoms with Crippen molar-refractivity contribution in [2.45, 2.75) is 32.1 Å². The molecule has 0 bridgehead atoms. The Balaban J connectivity index is 2.11. The molecule has 1 N–H and O–H groups in total. The molecule has 0 aromatic heterocycles. The van der Waals surface area contributed by atoms with Crippen LogP contribution in [0.2, 0.25) is 0 Å². The summed E-state index contributed by atoms with van der Waals surface area (Å²) in [7, 11) is 0. The van der Waals surface area contributed by atoms with Crippen molar-refractivity contribution in [3.05, 3.63) is 70.8 Å². The van der Waals surface area contributed by atoms with Crippen LogP contribution < -0.4 is 0 Å². The summed E-state index contributed by atoms with van der Waals surface area (Å²) in [6.45, 7) is 2.15. The topological polar surface area (TPSA) is 32.6 Å². The summed E-state index contributed by atoms with van der Waals surface area (Å²) >= 11 is 0. The van der Waals surface area contributed by atoms with Crippen LogP contribution >= 0.6 is 0 Å². The van der Waals surface area contributed by atoms with Crippen molar-refractivity contribution >= 4 is 5.71 Å². The van der Waals surface area contributed by atoms with Gasteiger partial charge in [0.1, 0.15) is 0 Å². The van der Waals surface area contributed by atoms with Gasteiger partial charge in [0.05, 0.1) is 5.71 Å². The van der Waals surface area contributed by atoms with Crippen LogP contribution in [0, 0.1) is 0 Å². The fraction of sp³-hybridized carbons (Fsp3) is 0.278. The van der Waals surface area contributed by atoms with Gasteiger partial charge in [-0.3, -0.25) is 0 Å². The van der Waals surface area contributed by atoms with Crippen LogP contribution in [0.4, 0.5) is 0 Å². The molecule has 0 spiro atoms. The number of hydrogen-bond donors (Lipinski definition) is 1. The highest BCUT2D eigenvalue weighted by atomic mass is 16.4. The molecule has 2 heteroatoms. The Morgan fingerprint density at radius 2 is 1.95 bits per heavy atom. The van der Waals surface area contributed by atoms with Crippen molar-refractivity contribution in [2.75, 3.05) is 0 Å². The molecule has 0 fully saturated rings. The van der Waals surface area contributed by atoms with E-state index < -0.39 is 0 Å². The van der Waals surface area contributed by atoms with Gasteiger partial charge >= 0.3 is 0 Å². The third kappa shape index (κ3) is 2.22. The normalized spacial score (nSPS) is 19.9. The molecule has 1 atom stereocenters. The van der Waals surface area contributed by atoms with E-state index in [4.69, 9.17) is 0 Å². The third-order valence-corrected chi connectivity index (χ3v) is 4.20. The zero-order valence-corrected chi connectivity index (χ0v) is 11.7. The lowest BCUT2D eigenvalue weighted by molar-refractivity contribution is 0.317. The Kier molecular flexibility index (Phi) is 3.55. The van der Waals surface area contributed by atoms with Crippen LogP contribution in [-0.4, -0.2) is 10.9 Å². The molecule has 0 unspecified atom stereocenters. The maximum absolute atomic E-state index is 9.25. The summed E-state index contributed by atoms with van der Waals surface area (Å²) in [5, 5.41) is 12.8. The lowest BCUT2D eigenvalue weighted by Gasteiger charge is -2.27. The molecule has 2 aromatic carbocycles. The second-order valence-electron chi connectivity index (χ2n) is 5.32. The first kappa shape index (κ1) is 12.9. The second-order valence-corrected chi connectivity index (χ2v) is 5.32. The van der Waals surface area contributed by atoms with Crippen molar-refractivity contribution < 1.29 is 5.21 Å². The standard InChI is InChI=1S/C18H19NO/c1-2-13-8-9-16-15(14-6-4-3-5-7-14)10-11-18(19-20)17(16)12-13/h3-9,12,15,20H,2,10-11H2,1H3/b19-18-/t15-/m1/s1. The van der Waals surface area contributed by atoms with Gasteiger partial charge in [0, 0.05) is 11.5 Å². The predicted octanol–water partition coefficient (Wildman–Crippen LogP) is 4.35. The summed E-state index contributed by atoms with van der Waals surface area (Å²) in [5.41, 5.74) is 5.86. The van der Waals surface area contributed by atoms with Crippen molar-refractivity contribution in [1.29, 1.82) is 0 Å². The highest BCUT2D eigenvalue weighted by molar-refractivity contribution is 6.03. The van der Waals surface area contributed by atoms with Crippen LogP contribution in [-0.2, 0) is 6.42 Å². The van der Waals surface area contributed by atoms with Crippen molar-refractivity contribution in [3.63, 3.8) is 0 Å². The summed E-state index contributed by atoms with van der Waals surface area (Å²) in [4.78, 5) is 0. The summed E-state index contributed by atoms with van der Waals surface area (Å²) in [6, 6.07) is 17.2. The largest absolute Gasteiger partial charge is 0.411 e. The molecule has 0 saturated heterocycles. The Hall–Kier alpha value is -2.09. The average molecular weight is 265 g/mol. The number of hydrogen-bond acceptors (Lipinski definition) is 2. The Bertz CT molecular complexity index is 631. The van der Waals surface area contributed by atoms with Crippen molar-refractivity contribution in [2.24, 2.45) is 5.16 Å². The van der Waals surface area contributed by atoms with Crippen LogP contribution in [0.25, 0.3) is 0 Å². The van der Waals surface area contributed by atoms with Crippen LogP contribution in [0.15, 0.2) is 53.7 Å². The molecule has 2 nitrogen and oxygen atoms in total. The van der Waals surface area contributed by atoms with Gasteiger partial charge in [-0.25, -0.2) is 0 Å². The smallest absolute Gasteiger partial charge is 0.0871 e. The number of fused-ring (bicyclic) bond motifs is 1. The molecular formula is C18H19NO. The quantitative estimate of drug-likeness (QED) is 0.635. The number of aryl methyl sites for hydroxylation is 1. The van der Waals surface area contributed by atoms with Gasteiger partial charge in [0.25, 0.3) is 0 Å². The van der Waals surface area contributed by atoms with Gasteiger partial charge in [-0.05, 0) is 42.0 Å². The molecule has 1 aliphatic carbocycles. The highest BCUT2D eigenvalue weighted by Gasteiger charge is 2.25. The van der Waals surface area contributed by atoms with Gasteiger partial charge in [-0.1, -0.05) is 54.5 Å². The Morgan fingerprint density at radius 1 is 1.15 bits per heavy atom. The van der Waals surface area contributed by atoms with E-state index in [1.807, 2.05) is 6.07 Å². The average Bonchev–Trinajstić information content (AvgIpc) is 2.54. The molecule has 102 valence electrons. The zero-order valence-electron chi connectivity index (χ0n) is 11.7.